The fourth-order valence-corrected chi connectivity index (χ4v) is 3.13. The van der Waals surface area contributed by atoms with Crippen LogP contribution in [-0.2, 0) is 5.41 Å². The predicted molar refractivity (Wildman–Crippen MR) is 92.2 cm³/mol. The van der Waals surface area contributed by atoms with Gasteiger partial charge in [0.05, 0.1) is 0 Å². The van der Waals surface area contributed by atoms with E-state index in [0.717, 1.165) is 17.8 Å². The zero-order valence-electron chi connectivity index (χ0n) is 13.5. The molecular formula is C19H26N2. The van der Waals surface area contributed by atoms with Crippen LogP contribution < -0.4 is 11.5 Å². The first-order valence-electron chi connectivity index (χ1n) is 7.43. The number of nitrogens with two attached hydrogens (primary N) is 2. The van der Waals surface area contributed by atoms with Crippen molar-refractivity contribution in [1.82, 2.24) is 0 Å². The summed E-state index contributed by atoms with van der Waals surface area (Å²) in [5.74, 6) is 0. The van der Waals surface area contributed by atoms with Gasteiger partial charge in [-0.05, 0) is 47.2 Å². The summed E-state index contributed by atoms with van der Waals surface area (Å²) in [6, 6.07) is 16.5. The zero-order chi connectivity index (χ0) is 15.7. The maximum Gasteiger partial charge on any atom is 0.0314 e. The first-order chi connectivity index (χ1) is 9.71. The summed E-state index contributed by atoms with van der Waals surface area (Å²) in [7, 11) is 0. The van der Waals surface area contributed by atoms with E-state index in [0.29, 0.717) is 0 Å². The maximum absolute atomic E-state index is 5.84. The summed E-state index contributed by atoms with van der Waals surface area (Å²) in [5.41, 5.74) is 16.0. The Morgan fingerprint density at radius 1 is 0.667 bits per heavy atom. The Kier molecular flexibility index (Phi) is 3.99. The number of rotatable bonds is 3. The molecule has 0 fully saturated rings. The Morgan fingerprint density at radius 3 is 1.29 bits per heavy atom. The van der Waals surface area contributed by atoms with Crippen LogP contribution >= 0.6 is 0 Å². The minimum atomic E-state index is -0.0559. The van der Waals surface area contributed by atoms with Gasteiger partial charge in [-0.3, -0.25) is 0 Å². The zero-order valence-corrected chi connectivity index (χ0v) is 13.5. The first-order valence-corrected chi connectivity index (χ1v) is 7.43. The van der Waals surface area contributed by atoms with Crippen molar-refractivity contribution in [3.8, 4) is 0 Å². The number of anilines is 2. The average Bonchev–Trinajstić information content (AvgIpc) is 2.38. The molecular weight excluding hydrogens is 256 g/mol. The van der Waals surface area contributed by atoms with Crippen LogP contribution in [0.3, 0.4) is 0 Å². The number of hydrogen-bond acceptors (Lipinski definition) is 2. The van der Waals surface area contributed by atoms with E-state index in [1.54, 1.807) is 0 Å². The van der Waals surface area contributed by atoms with Crippen molar-refractivity contribution in [3.63, 3.8) is 0 Å². The van der Waals surface area contributed by atoms with Crippen LogP contribution in [0.5, 0.6) is 0 Å². The molecule has 2 heteroatoms. The fraction of sp³-hybridized carbons (Fsp3) is 0.368. The van der Waals surface area contributed by atoms with E-state index in [-0.39, 0.29) is 10.8 Å². The molecule has 2 nitrogen and oxygen atoms in total. The Hall–Kier alpha value is -1.96. The van der Waals surface area contributed by atoms with Crippen LogP contribution in [0.15, 0.2) is 48.5 Å². The molecule has 21 heavy (non-hydrogen) atoms. The highest BCUT2D eigenvalue weighted by atomic mass is 14.5. The molecule has 0 aromatic heterocycles. The third-order valence-electron chi connectivity index (χ3n) is 3.98. The van der Waals surface area contributed by atoms with Gasteiger partial charge in [0.1, 0.15) is 0 Å². The molecule has 2 aromatic rings. The van der Waals surface area contributed by atoms with E-state index >= 15 is 0 Å². The van der Waals surface area contributed by atoms with Gasteiger partial charge < -0.3 is 11.5 Å². The van der Waals surface area contributed by atoms with Gasteiger partial charge in [-0.25, -0.2) is 0 Å². The van der Waals surface area contributed by atoms with Crippen molar-refractivity contribution in [2.45, 2.75) is 39.5 Å². The van der Waals surface area contributed by atoms with Gasteiger partial charge in [0.2, 0.25) is 0 Å². The smallest absolute Gasteiger partial charge is 0.0314 e. The van der Waals surface area contributed by atoms with Crippen LogP contribution in [-0.4, -0.2) is 0 Å². The molecule has 2 aromatic carbocycles. The van der Waals surface area contributed by atoms with Gasteiger partial charge in [-0.1, -0.05) is 52.0 Å². The van der Waals surface area contributed by atoms with Crippen molar-refractivity contribution in [3.05, 3.63) is 59.7 Å². The highest BCUT2D eigenvalue weighted by Crippen LogP contribution is 2.42. The molecule has 2 rings (SSSR count). The molecule has 0 heterocycles. The molecule has 0 amide bonds. The van der Waals surface area contributed by atoms with E-state index in [2.05, 4.69) is 52.0 Å². The van der Waals surface area contributed by atoms with Crippen LogP contribution in [0.2, 0.25) is 0 Å². The second-order valence-electron chi connectivity index (χ2n) is 7.31. The highest BCUT2D eigenvalue weighted by molar-refractivity contribution is 5.48. The number of nitrogen functional groups attached to an aromatic ring is 2. The highest BCUT2D eigenvalue weighted by Gasteiger charge is 2.33. The van der Waals surface area contributed by atoms with Crippen molar-refractivity contribution >= 4 is 11.4 Å². The Labute approximate surface area is 128 Å². The van der Waals surface area contributed by atoms with Crippen LogP contribution in [0.25, 0.3) is 0 Å². The van der Waals surface area contributed by atoms with Crippen molar-refractivity contribution < 1.29 is 0 Å². The lowest BCUT2D eigenvalue weighted by molar-refractivity contribution is 0.299. The second kappa shape index (κ2) is 5.44. The van der Waals surface area contributed by atoms with E-state index in [9.17, 15) is 0 Å². The van der Waals surface area contributed by atoms with Gasteiger partial charge in [-0.15, -0.1) is 0 Å². The molecule has 0 saturated carbocycles. The maximum atomic E-state index is 5.84. The topological polar surface area (TPSA) is 52.0 Å². The summed E-state index contributed by atoms with van der Waals surface area (Å²) >= 11 is 0. The molecule has 0 aliphatic rings. The van der Waals surface area contributed by atoms with E-state index in [4.69, 9.17) is 11.5 Å². The molecule has 0 bridgehead atoms. The largest absolute Gasteiger partial charge is 0.399 e. The summed E-state index contributed by atoms with van der Waals surface area (Å²) < 4.78 is 0. The molecule has 0 radical (unpaired) electrons. The van der Waals surface area contributed by atoms with Gasteiger partial charge in [0.15, 0.2) is 0 Å². The van der Waals surface area contributed by atoms with Crippen LogP contribution in [0, 0.1) is 5.41 Å². The number of benzene rings is 2. The first kappa shape index (κ1) is 15.4. The van der Waals surface area contributed by atoms with Gasteiger partial charge in [0.25, 0.3) is 0 Å². The Balaban J connectivity index is 2.53. The minimum absolute atomic E-state index is 0.0559. The monoisotopic (exact) mass is 282 g/mol. The van der Waals surface area contributed by atoms with Crippen LogP contribution in [0.1, 0.15) is 45.2 Å². The van der Waals surface area contributed by atoms with Gasteiger partial charge >= 0.3 is 0 Å². The van der Waals surface area contributed by atoms with E-state index in [1.807, 2.05) is 24.3 Å². The van der Waals surface area contributed by atoms with Gasteiger partial charge in [-0.2, -0.15) is 0 Å². The quantitative estimate of drug-likeness (QED) is 0.809. The van der Waals surface area contributed by atoms with E-state index < -0.39 is 0 Å². The molecule has 0 saturated heterocycles. The normalized spacial score (nSPS) is 12.4. The molecule has 112 valence electrons. The lowest BCUT2D eigenvalue weighted by atomic mass is 9.67. The van der Waals surface area contributed by atoms with Gasteiger partial charge in [0, 0.05) is 16.8 Å². The SMILES string of the molecule is CC(C)(C)CC(C)(c1ccc(N)cc1)c1ccc(N)cc1. The predicted octanol–water partition coefficient (Wildman–Crippen LogP) is 4.59. The van der Waals surface area contributed by atoms with E-state index in [1.165, 1.54) is 11.1 Å². The molecule has 0 spiro atoms. The lowest BCUT2D eigenvalue weighted by Crippen LogP contribution is -2.29. The summed E-state index contributed by atoms with van der Waals surface area (Å²) in [6.45, 7) is 9.13. The average molecular weight is 282 g/mol. The third kappa shape index (κ3) is 3.57. The third-order valence-corrected chi connectivity index (χ3v) is 3.98. The van der Waals surface area contributed by atoms with Crippen molar-refractivity contribution in [2.75, 3.05) is 11.5 Å². The number of hydrogen-bond donors (Lipinski definition) is 2. The molecule has 4 N–H and O–H groups in total. The lowest BCUT2D eigenvalue weighted by Gasteiger charge is -2.37. The Bertz CT molecular complexity index is 543. The summed E-state index contributed by atoms with van der Waals surface area (Å²) in [5, 5.41) is 0. The molecule has 0 unspecified atom stereocenters. The van der Waals surface area contributed by atoms with Crippen LogP contribution in [0.4, 0.5) is 11.4 Å². The Morgan fingerprint density at radius 2 is 1.00 bits per heavy atom. The fourth-order valence-electron chi connectivity index (χ4n) is 3.13. The van der Waals surface area contributed by atoms with Crippen molar-refractivity contribution in [2.24, 2.45) is 5.41 Å². The minimum Gasteiger partial charge on any atom is -0.399 e. The molecule has 0 atom stereocenters. The summed E-state index contributed by atoms with van der Waals surface area (Å²) in [6.07, 6.45) is 1.05. The summed E-state index contributed by atoms with van der Waals surface area (Å²) in [4.78, 5) is 0. The van der Waals surface area contributed by atoms with Crippen molar-refractivity contribution in [1.29, 1.82) is 0 Å². The second-order valence-corrected chi connectivity index (χ2v) is 7.31. The molecule has 0 aliphatic carbocycles. The molecule has 0 aliphatic heterocycles. The standard InChI is InChI=1S/C19H26N2/c1-18(2,3)13-19(4,14-5-9-16(20)10-6-14)15-7-11-17(21)12-8-15/h5-12H,13,20-21H2,1-4H3.